The summed E-state index contributed by atoms with van der Waals surface area (Å²) < 4.78 is 1.14. The van der Waals surface area contributed by atoms with E-state index < -0.39 is 0 Å². The molecule has 0 amide bonds. The highest BCUT2D eigenvalue weighted by atomic mass is 32.1. The molecule has 0 saturated heterocycles. The predicted molar refractivity (Wildman–Crippen MR) is 63.1 cm³/mol. The standard InChI is InChI=1S/C12H11NOS/c1-2-5-9(14)8-12-13-10-6-3-4-7-11(10)15-12/h2-4,6-7H,1,5,8H2. The number of nitrogens with zero attached hydrogens (tertiary/aromatic N) is 1. The summed E-state index contributed by atoms with van der Waals surface area (Å²) in [7, 11) is 0. The number of Topliss-reactive ketones (excluding diaryl/α,β-unsaturated/α-hetero) is 1. The number of para-hydroxylation sites is 1. The van der Waals surface area contributed by atoms with Crippen molar-refractivity contribution >= 4 is 27.3 Å². The third-order valence-electron chi connectivity index (χ3n) is 2.06. The molecule has 1 aromatic carbocycles. The summed E-state index contributed by atoms with van der Waals surface area (Å²) in [6.07, 6.45) is 2.48. The Morgan fingerprint density at radius 3 is 3.00 bits per heavy atom. The van der Waals surface area contributed by atoms with Gasteiger partial charge in [-0.15, -0.1) is 17.9 Å². The number of benzene rings is 1. The summed E-state index contributed by atoms with van der Waals surface area (Å²) in [6.45, 7) is 3.55. The molecule has 76 valence electrons. The molecule has 15 heavy (non-hydrogen) atoms. The summed E-state index contributed by atoms with van der Waals surface area (Å²) >= 11 is 1.59. The summed E-state index contributed by atoms with van der Waals surface area (Å²) in [5.74, 6) is 0.170. The van der Waals surface area contributed by atoms with Crippen LogP contribution < -0.4 is 0 Å². The van der Waals surface area contributed by atoms with Crippen LogP contribution in [0.15, 0.2) is 36.9 Å². The van der Waals surface area contributed by atoms with E-state index in [2.05, 4.69) is 11.6 Å². The molecule has 0 N–H and O–H groups in total. The van der Waals surface area contributed by atoms with Crippen LogP contribution in [0.2, 0.25) is 0 Å². The van der Waals surface area contributed by atoms with Crippen molar-refractivity contribution in [2.24, 2.45) is 0 Å². The van der Waals surface area contributed by atoms with Crippen LogP contribution in [0.1, 0.15) is 11.4 Å². The fourth-order valence-electron chi connectivity index (χ4n) is 1.40. The zero-order valence-electron chi connectivity index (χ0n) is 8.27. The average Bonchev–Trinajstić information content (AvgIpc) is 2.59. The zero-order chi connectivity index (χ0) is 10.7. The summed E-state index contributed by atoms with van der Waals surface area (Å²) in [4.78, 5) is 15.8. The summed E-state index contributed by atoms with van der Waals surface area (Å²) in [5.41, 5.74) is 0.976. The number of carbonyl (C=O) groups is 1. The van der Waals surface area contributed by atoms with Crippen LogP contribution in [0.4, 0.5) is 0 Å². The molecule has 0 unspecified atom stereocenters. The molecule has 2 nitrogen and oxygen atoms in total. The topological polar surface area (TPSA) is 30.0 Å². The highest BCUT2D eigenvalue weighted by molar-refractivity contribution is 7.18. The van der Waals surface area contributed by atoms with Crippen LogP contribution in [-0.2, 0) is 11.2 Å². The average molecular weight is 217 g/mol. The monoisotopic (exact) mass is 217 g/mol. The predicted octanol–water partition coefficient (Wildman–Crippen LogP) is 2.98. The number of allylic oxidation sites excluding steroid dienone is 1. The first kappa shape index (κ1) is 10.1. The molecule has 0 spiro atoms. The molecule has 0 aliphatic heterocycles. The Labute approximate surface area is 92.3 Å². The van der Waals surface area contributed by atoms with Gasteiger partial charge >= 0.3 is 0 Å². The number of ketones is 1. The molecule has 0 aliphatic rings. The number of hydrogen-bond acceptors (Lipinski definition) is 3. The second-order valence-corrected chi connectivity index (χ2v) is 4.40. The number of thiazole rings is 1. The van der Waals surface area contributed by atoms with Gasteiger partial charge in [0.15, 0.2) is 0 Å². The minimum atomic E-state index is 0.170. The Balaban J connectivity index is 2.22. The Bertz CT molecular complexity index is 468. The SMILES string of the molecule is C=CCC(=O)Cc1nc2ccccc2s1. The van der Waals surface area contributed by atoms with E-state index >= 15 is 0 Å². The minimum absolute atomic E-state index is 0.170. The van der Waals surface area contributed by atoms with Crippen molar-refractivity contribution in [1.29, 1.82) is 0 Å². The van der Waals surface area contributed by atoms with Gasteiger partial charge in [0, 0.05) is 6.42 Å². The second kappa shape index (κ2) is 4.36. The van der Waals surface area contributed by atoms with Crippen LogP contribution in [0.25, 0.3) is 10.2 Å². The summed E-state index contributed by atoms with van der Waals surface area (Å²) in [5, 5.41) is 0.892. The Kier molecular flexibility index (Phi) is 2.92. The number of hydrogen-bond donors (Lipinski definition) is 0. The Hall–Kier alpha value is -1.48. The second-order valence-electron chi connectivity index (χ2n) is 3.28. The first-order valence-electron chi connectivity index (χ1n) is 4.76. The molecule has 1 aromatic heterocycles. The van der Waals surface area contributed by atoms with E-state index in [0.717, 1.165) is 15.2 Å². The van der Waals surface area contributed by atoms with Gasteiger partial charge < -0.3 is 0 Å². The molecular weight excluding hydrogens is 206 g/mol. The van der Waals surface area contributed by atoms with E-state index in [1.54, 1.807) is 17.4 Å². The van der Waals surface area contributed by atoms with Crippen LogP contribution in [-0.4, -0.2) is 10.8 Å². The molecule has 0 atom stereocenters. The number of fused-ring (bicyclic) bond motifs is 1. The van der Waals surface area contributed by atoms with Crippen molar-refractivity contribution in [3.63, 3.8) is 0 Å². The van der Waals surface area contributed by atoms with Gasteiger partial charge in [-0.25, -0.2) is 4.98 Å². The summed E-state index contributed by atoms with van der Waals surface area (Å²) in [6, 6.07) is 7.93. The molecule has 0 saturated carbocycles. The maximum Gasteiger partial charge on any atom is 0.143 e. The molecule has 0 aliphatic carbocycles. The van der Waals surface area contributed by atoms with E-state index in [1.165, 1.54) is 0 Å². The van der Waals surface area contributed by atoms with Gasteiger partial charge in [-0.3, -0.25) is 4.79 Å². The smallest absolute Gasteiger partial charge is 0.143 e. The molecule has 1 heterocycles. The van der Waals surface area contributed by atoms with Crippen molar-refractivity contribution in [2.75, 3.05) is 0 Å². The van der Waals surface area contributed by atoms with E-state index in [9.17, 15) is 4.79 Å². The van der Waals surface area contributed by atoms with Gasteiger partial charge in [-0.2, -0.15) is 0 Å². The molecular formula is C12H11NOS. The van der Waals surface area contributed by atoms with E-state index in [1.807, 2.05) is 24.3 Å². The normalized spacial score (nSPS) is 10.4. The first-order valence-corrected chi connectivity index (χ1v) is 5.58. The third kappa shape index (κ3) is 2.30. The van der Waals surface area contributed by atoms with Gasteiger partial charge in [-0.05, 0) is 12.1 Å². The lowest BCUT2D eigenvalue weighted by Gasteiger charge is -1.91. The molecule has 2 aromatic rings. The quantitative estimate of drug-likeness (QED) is 0.737. The Morgan fingerprint density at radius 2 is 2.27 bits per heavy atom. The van der Waals surface area contributed by atoms with Gasteiger partial charge in [0.25, 0.3) is 0 Å². The maximum absolute atomic E-state index is 11.4. The van der Waals surface area contributed by atoms with Crippen LogP contribution in [0.3, 0.4) is 0 Å². The van der Waals surface area contributed by atoms with E-state index in [0.29, 0.717) is 12.8 Å². The molecule has 2 rings (SSSR count). The van der Waals surface area contributed by atoms with E-state index in [-0.39, 0.29) is 5.78 Å². The highest BCUT2D eigenvalue weighted by Gasteiger charge is 2.07. The minimum Gasteiger partial charge on any atom is -0.299 e. The lowest BCUT2D eigenvalue weighted by Crippen LogP contribution is -1.99. The van der Waals surface area contributed by atoms with Gasteiger partial charge in [0.1, 0.15) is 10.8 Å². The molecule has 3 heteroatoms. The zero-order valence-corrected chi connectivity index (χ0v) is 9.09. The fourth-order valence-corrected chi connectivity index (χ4v) is 2.39. The van der Waals surface area contributed by atoms with Crippen molar-refractivity contribution in [1.82, 2.24) is 4.98 Å². The maximum atomic E-state index is 11.4. The van der Waals surface area contributed by atoms with Crippen LogP contribution in [0.5, 0.6) is 0 Å². The number of rotatable bonds is 4. The van der Waals surface area contributed by atoms with Gasteiger partial charge in [-0.1, -0.05) is 18.2 Å². The Morgan fingerprint density at radius 1 is 1.47 bits per heavy atom. The van der Waals surface area contributed by atoms with Crippen LogP contribution >= 0.6 is 11.3 Å². The molecule has 0 fully saturated rings. The fraction of sp³-hybridized carbons (Fsp3) is 0.167. The largest absolute Gasteiger partial charge is 0.299 e. The van der Waals surface area contributed by atoms with Gasteiger partial charge in [0.05, 0.1) is 16.6 Å². The van der Waals surface area contributed by atoms with Crippen molar-refractivity contribution in [2.45, 2.75) is 12.8 Å². The van der Waals surface area contributed by atoms with Crippen molar-refractivity contribution in [3.8, 4) is 0 Å². The lowest BCUT2D eigenvalue weighted by atomic mass is 10.2. The molecule has 0 radical (unpaired) electrons. The number of aromatic nitrogens is 1. The third-order valence-corrected chi connectivity index (χ3v) is 3.09. The number of carbonyl (C=O) groups excluding carboxylic acids is 1. The van der Waals surface area contributed by atoms with Gasteiger partial charge in [0.2, 0.25) is 0 Å². The van der Waals surface area contributed by atoms with Crippen molar-refractivity contribution < 1.29 is 4.79 Å². The molecule has 0 bridgehead atoms. The first-order chi connectivity index (χ1) is 7.29. The highest BCUT2D eigenvalue weighted by Crippen LogP contribution is 2.22. The lowest BCUT2D eigenvalue weighted by molar-refractivity contribution is -0.117. The van der Waals surface area contributed by atoms with Crippen molar-refractivity contribution in [3.05, 3.63) is 41.9 Å². The van der Waals surface area contributed by atoms with E-state index in [4.69, 9.17) is 0 Å². The van der Waals surface area contributed by atoms with Crippen LogP contribution in [0, 0.1) is 0 Å².